The van der Waals surface area contributed by atoms with E-state index in [1.54, 1.807) is 0 Å². The molecular weight excluding hydrogens is 231 g/mol. The summed E-state index contributed by atoms with van der Waals surface area (Å²) in [7, 11) is 0. The molecule has 0 aromatic heterocycles. The Morgan fingerprint density at radius 3 is 2.83 bits per heavy atom. The Hall–Kier alpha value is -1.25. The Balaban J connectivity index is 2.09. The van der Waals surface area contributed by atoms with E-state index in [4.69, 9.17) is 4.74 Å². The van der Waals surface area contributed by atoms with E-state index in [0.717, 1.165) is 12.0 Å². The zero-order valence-corrected chi connectivity index (χ0v) is 10.9. The number of benzene rings is 1. The predicted octanol–water partition coefficient (Wildman–Crippen LogP) is 3.93. The van der Waals surface area contributed by atoms with Gasteiger partial charge in [-0.3, -0.25) is 0 Å². The van der Waals surface area contributed by atoms with Gasteiger partial charge in [-0.2, -0.15) is 0 Å². The van der Waals surface area contributed by atoms with Crippen LogP contribution in [0.4, 0.5) is 4.39 Å². The molecule has 1 N–H and O–H groups in total. The van der Waals surface area contributed by atoms with E-state index < -0.39 is 0 Å². The van der Waals surface area contributed by atoms with Gasteiger partial charge in [0.2, 0.25) is 0 Å². The number of rotatable bonds is 3. The normalized spacial score (nSPS) is 23.6. The largest absolute Gasteiger partial charge is 0.507 e. The summed E-state index contributed by atoms with van der Waals surface area (Å²) in [5, 5.41) is 10.4. The summed E-state index contributed by atoms with van der Waals surface area (Å²) < 4.78 is 19.4. The van der Waals surface area contributed by atoms with Crippen LogP contribution in [0.1, 0.15) is 56.1 Å². The Morgan fingerprint density at radius 2 is 2.22 bits per heavy atom. The van der Waals surface area contributed by atoms with Gasteiger partial charge in [-0.05, 0) is 37.2 Å². The van der Waals surface area contributed by atoms with Crippen LogP contribution in [0, 0.1) is 11.7 Å². The molecule has 2 unspecified atom stereocenters. The molecule has 0 spiro atoms. The third kappa shape index (κ3) is 1.68. The Bertz CT molecular complexity index is 480. The lowest BCUT2D eigenvalue weighted by Gasteiger charge is -2.17. The van der Waals surface area contributed by atoms with Crippen molar-refractivity contribution in [3.05, 3.63) is 23.0 Å². The van der Waals surface area contributed by atoms with E-state index in [1.165, 1.54) is 18.9 Å². The van der Waals surface area contributed by atoms with Crippen molar-refractivity contribution in [3.8, 4) is 11.5 Å². The van der Waals surface area contributed by atoms with E-state index in [9.17, 15) is 9.50 Å². The zero-order chi connectivity index (χ0) is 12.9. The summed E-state index contributed by atoms with van der Waals surface area (Å²) in [6, 6.07) is 1.47. The summed E-state index contributed by atoms with van der Waals surface area (Å²) in [6.45, 7) is 4.60. The number of hydrogen-bond donors (Lipinski definition) is 1. The van der Waals surface area contributed by atoms with Crippen molar-refractivity contribution >= 4 is 0 Å². The number of aromatic hydroxyl groups is 1. The molecule has 2 aliphatic rings. The fourth-order valence-corrected chi connectivity index (χ4v) is 2.97. The third-order valence-electron chi connectivity index (χ3n) is 4.42. The first-order valence-electron chi connectivity index (χ1n) is 6.81. The second kappa shape index (κ2) is 4.15. The molecule has 98 valence electrons. The van der Waals surface area contributed by atoms with Crippen molar-refractivity contribution in [2.75, 3.05) is 6.61 Å². The molecule has 0 amide bonds. The minimum Gasteiger partial charge on any atom is -0.507 e. The molecule has 2 nitrogen and oxygen atoms in total. The standard InChI is InChI=1S/C15H19FO2/c1-3-9-7-18-15-12(16)6-11(14(17)13(9)15)8(2)10-4-5-10/h6,8-10,17H,3-5,7H2,1-2H3. The topological polar surface area (TPSA) is 29.5 Å². The number of fused-ring (bicyclic) bond motifs is 1. The maximum atomic E-state index is 14.0. The minimum atomic E-state index is -0.318. The molecule has 18 heavy (non-hydrogen) atoms. The van der Waals surface area contributed by atoms with Crippen molar-refractivity contribution in [2.24, 2.45) is 5.92 Å². The molecule has 0 saturated heterocycles. The number of halogens is 1. The van der Waals surface area contributed by atoms with Crippen LogP contribution in [0.5, 0.6) is 11.5 Å². The fraction of sp³-hybridized carbons (Fsp3) is 0.600. The first-order chi connectivity index (χ1) is 8.63. The third-order valence-corrected chi connectivity index (χ3v) is 4.42. The van der Waals surface area contributed by atoms with Crippen LogP contribution in [0.25, 0.3) is 0 Å². The molecule has 3 heteroatoms. The van der Waals surface area contributed by atoms with Crippen LogP contribution in [0.3, 0.4) is 0 Å². The maximum Gasteiger partial charge on any atom is 0.165 e. The summed E-state index contributed by atoms with van der Waals surface area (Å²) in [5.41, 5.74) is 1.46. The first-order valence-corrected chi connectivity index (χ1v) is 6.81. The number of phenols is 1. The monoisotopic (exact) mass is 250 g/mol. The van der Waals surface area contributed by atoms with Crippen molar-refractivity contribution in [1.29, 1.82) is 0 Å². The molecule has 1 aliphatic heterocycles. The van der Waals surface area contributed by atoms with Gasteiger partial charge in [0.25, 0.3) is 0 Å². The molecule has 1 aromatic carbocycles. The molecule has 0 radical (unpaired) electrons. The van der Waals surface area contributed by atoms with Gasteiger partial charge in [-0.15, -0.1) is 0 Å². The minimum absolute atomic E-state index is 0.126. The van der Waals surface area contributed by atoms with E-state index in [1.807, 2.05) is 6.92 Å². The average molecular weight is 250 g/mol. The molecule has 1 fully saturated rings. The van der Waals surface area contributed by atoms with Crippen molar-refractivity contribution in [2.45, 2.75) is 44.9 Å². The highest BCUT2D eigenvalue weighted by Gasteiger charge is 2.36. The van der Waals surface area contributed by atoms with Gasteiger partial charge >= 0.3 is 0 Å². The molecule has 2 atom stereocenters. The molecule has 1 saturated carbocycles. The van der Waals surface area contributed by atoms with Gasteiger partial charge in [-0.1, -0.05) is 13.8 Å². The van der Waals surface area contributed by atoms with Crippen LogP contribution >= 0.6 is 0 Å². The van der Waals surface area contributed by atoms with Gasteiger partial charge in [0.15, 0.2) is 11.6 Å². The van der Waals surface area contributed by atoms with Crippen LogP contribution in [0.2, 0.25) is 0 Å². The summed E-state index contributed by atoms with van der Waals surface area (Å²) in [4.78, 5) is 0. The summed E-state index contributed by atoms with van der Waals surface area (Å²) >= 11 is 0. The van der Waals surface area contributed by atoms with Crippen LogP contribution in [-0.2, 0) is 0 Å². The average Bonchev–Trinajstić information content (AvgIpc) is 3.11. The lowest BCUT2D eigenvalue weighted by atomic mass is 9.89. The van der Waals surface area contributed by atoms with E-state index >= 15 is 0 Å². The molecule has 1 aliphatic carbocycles. The summed E-state index contributed by atoms with van der Waals surface area (Å²) in [5.74, 6) is 1.20. The van der Waals surface area contributed by atoms with Gasteiger partial charge in [0, 0.05) is 17.0 Å². The number of phenolic OH excluding ortho intramolecular Hbond substituents is 1. The second-order valence-corrected chi connectivity index (χ2v) is 5.58. The van der Waals surface area contributed by atoms with Crippen LogP contribution in [0.15, 0.2) is 6.07 Å². The molecule has 1 aromatic rings. The Morgan fingerprint density at radius 1 is 1.50 bits per heavy atom. The van der Waals surface area contributed by atoms with Crippen molar-refractivity contribution in [1.82, 2.24) is 0 Å². The predicted molar refractivity (Wildman–Crippen MR) is 67.7 cm³/mol. The first kappa shape index (κ1) is 11.8. The molecule has 0 bridgehead atoms. The highest BCUT2D eigenvalue weighted by atomic mass is 19.1. The highest BCUT2D eigenvalue weighted by molar-refractivity contribution is 5.55. The van der Waals surface area contributed by atoms with Crippen molar-refractivity contribution < 1.29 is 14.2 Å². The number of ether oxygens (including phenoxy) is 1. The lowest BCUT2D eigenvalue weighted by molar-refractivity contribution is 0.315. The molecule has 3 rings (SSSR count). The van der Waals surface area contributed by atoms with Gasteiger partial charge < -0.3 is 9.84 Å². The molecule has 1 heterocycles. The van der Waals surface area contributed by atoms with E-state index in [2.05, 4.69) is 6.92 Å². The molecular formula is C15H19FO2. The Labute approximate surface area is 107 Å². The van der Waals surface area contributed by atoms with Gasteiger partial charge in [-0.25, -0.2) is 4.39 Å². The summed E-state index contributed by atoms with van der Waals surface area (Å²) in [6.07, 6.45) is 3.24. The number of hydrogen-bond acceptors (Lipinski definition) is 2. The highest BCUT2D eigenvalue weighted by Crippen LogP contribution is 2.51. The second-order valence-electron chi connectivity index (χ2n) is 5.58. The maximum absolute atomic E-state index is 14.0. The van der Waals surface area contributed by atoms with Crippen LogP contribution in [-0.4, -0.2) is 11.7 Å². The fourth-order valence-electron chi connectivity index (χ4n) is 2.97. The quantitative estimate of drug-likeness (QED) is 0.880. The van der Waals surface area contributed by atoms with Crippen LogP contribution < -0.4 is 4.74 Å². The lowest BCUT2D eigenvalue weighted by Crippen LogP contribution is -2.01. The SMILES string of the molecule is CCC1COc2c(F)cc(C(C)C3CC3)c(O)c21. The van der Waals surface area contributed by atoms with Gasteiger partial charge in [0.05, 0.1) is 6.61 Å². The smallest absolute Gasteiger partial charge is 0.165 e. The van der Waals surface area contributed by atoms with E-state index in [-0.39, 0.29) is 29.2 Å². The van der Waals surface area contributed by atoms with Gasteiger partial charge in [0.1, 0.15) is 5.75 Å². The zero-order valence-electron chi connectivity index (χ0n) is 10.9. The Kier molecular flexibility index (Phi) is 2.72. The van der Waals surface area contributed by atoms with E-state index in [0.29, 0.717) is 18.1 Å². The van der Waals surface area contributed by atoms with Crippen molar-refractivity contribution in [3.63, 3.8) is 0 Å².